The van der Waals surface area contributed by atoms with E-state index in [0.717, 1.165) is 0 Å². The van der Waals surface area contributed by atoms with Crippen LogP contribution in [0.15, 0.2) is 0 Å². The molecule has 1 fully saturated rings. The van der Waals surface area contributed by atoms with Crippen LogP contribution < -0.4 is 5.32 Å². The van der Waals surface area contributed by atoms with E-state index >= 15 is 0 Å². The highest BCUT2D eigenvalue weighted by molar-refractivity contribution is 5.88. The van der Waals surface area contributed by atoms with Crippen LogP contribution in [0.2, 0.25) is 0 Å². The highest BCUT2D eigenvalue weighted by atomic mass is 16.5. The minimum atomic E-state index is -1.43. The third-order valence-electron chi connectivity index (χ3n) is 3.27. The molecule has 0 aliphatic carbocycles. The van der Waals surface area contributed by atoms with Crippen molar-refractivity contribution in [3.8, 4) is 0 Å². The van der Waals surface area contributed by atoms with Gasteiger partial charge >= 0.3 is 18.0 Å². The Bertz CT molecular complexity index is 403. The van der Waals surface area contributed by atoms with Gasteiger partial charge in [0.25, 0.3) is 0 Å². The molecule has 8 heteroatoms. The highest BCUT2D eigenvalue weighted by Gasteiger charge is 2.45. The molecular formula is C13H22N2O6. The Hall–Kier alpha value is -1.83. The zero-order valence-electron chi connectivity index (χ0n) is 12.5. The van der Waals surface area contributed by atoms with Crippen molar-refractivity contribution in [3.63, 3.8) is 0 Å². The Kier molecular flexibility index (Phi) is 5.95. The first-order valence-corrected chi connectivity index (χ1v) is 6.88. The number of aliphatic carboxylic acids is 1. The van der Waals surface area contributed by atoms with Crippen LogP contribution >= 0.6 is 0 Å². The second-order valence-corrected chi connectivity index (χ2v) is 5.15. The molecule has 120 valence electrons. The minimum Gasteiger partial charge on any atom is -0.479 e. The van der Waals surface area contributed by atoms with E-state index in [1.54, 1.807) is 20.8 Å². The van der Waals surface area contributed by atoms with Crippen molar-refractivity contribution < 1.29 is 29.0 Å². The SMILES string of the molecule is CCOC(=O)CN(C(=O)NC1(C(=O)O)CCOC1)C(C)C. The van der Waals surface area contributed by atoms with Gasteiger partial charge in [0.1, 0.15) is 6.54 Å². The fraction of sp³-hybridized carbons (Fsp3) is 0.769. The summed E-state index contributed by atoms with van der Waals surface area (Å²) in [5.41, 5.74) is -1.43. The molecule has 8 nitrogen and oxygen atoms in total. The van der Waals surface area contributed by atoms with Gasteiger partial charge in [0.15, 0.2) is 5.54 Å². The molecule has 1 atom stereocenters. The van der Waals surface area contributed by atoms with E-state index in [0.29, 0.717) is 0 Å². The summed E-state index contributed by atoms with van der Waals surface area (Å²) in [6.45, 7) is 5.32. The Morgan fingerprint density at radius 2 is 2.10 bits per heavy atom. The molecule has 2 amide bonds. The number of carbonyl (C=O) groups is 3. The minimum absolute atomic E-state index is 0.0839. The van der Waals surface area contributed by atoms with Crippen LogP contribution in [-0.4, -0.2) is 65.9 Å². The molecular weight excluding hydrogens is 280 g/mol. The molecule has 0 saturated carbocycles. The van der Waals surface area contributed by atoms with Crippen LogP contribution in [0.4, 0.5) is 4.79 Å². The molecule has 0 bridgehead atoms. The Labute approximate surface area is 123 Å². The molecule has 0 spiro atoms. The van der Waals surface area contributed by atoms with Crippen LogP contribution in [0.5, 0.6) is 0 Å². The standard InChI is InChI=1S/C13H22N2O6/c1-4-21-10(16)7-15(9(2)3)12(19)14-13(11(17)18)5-6-20-8-13/h9H,4-8H2,1-3H3,(H,14,19)(H,17,18). The number of carboxylic acid groups (broad SMARTS) is 1. The van der Waals surface area contributed by atoms with E-state index in [9.17, 15) is 19.5 Å². The zero-order valence-corrected chi connectivity index (χ0v) is 12.5. The summed E-state index contributed by atoms with van der Waals surface area (Å²) < 4.78 is 9.89. The average Bonchev–Trinajstić information content (AvgIpc) is 2.85. The zero-order chi connectivity index (χ0) is 16.0. The Morgan fingerprint density at radius 1 is 1.43 bits per heavy atom. The number of hydrogen-bond donors (Lipinski definition) is 2. The van der Waals surface area contributed by atoms with Gasteiger partial charge in [-0.2, -0.15) is 0 Å². The van der Waals surface area contributed by atoms with Crippen molar-refractivity contribution in [2.24, 2.45) is 0 Å². The maximum Gasteiger partial charge on any atom is 0.332 e. The van der Waals surface area contributed by atoms with E-state index in [-0.39, 0.29) is 38.8 Å². The number of urea groups is 1. The van der Waals surface area contributed by atoms with Crippen molar-refractivity contribution >= 4 is 18.0 Å². The molecule has 1 heterocycles. The van der Waals surface area contributed by atoms with E-state index in [1.807, 2.05) is 0 Å². The van der Waals surface area contributed by atoms with Crippen molar-refractivity contribution in [3.05, 3.63) is 0 Å². The predicted octanol–water partition coefficient (Wildman–Crippen LogP) is 0.213. The van der Waals surface area contributed by atoms with Crippen LogP contribution in [0.1, 0.15) is 27.2 Å². The monoisotopic (exact) mass is 302 g/mol. The first-order chi connectivity index (χ1) is 9.82. The third-order valence-corrected chi connectivity index (χ3v) is 3.27. The molecule has 1 unspecified atom stereocenters. The largest absolute Gasteiger partial charge is 0.479 e. The van der Waals surface area contributed by atoms with Gasteiger partial charge in [-0.25, -0.2) is 9.59 Å². The number of nitrogens with one attached hydrogen (secondary N) is 1. The quantitative estimate of drug-likeness (QED) is 0.680. The molecule has 0 aromatic rings. The van der Waals surface area contributed by atoms with Gasteiger partial charge in [0.05, 0.1) is 13.2 Å². The summed E-state index contributed by atoms with van der Waals surface area (Å²) in [4.78, 5) is 36.4. The molecule has 1 rings (SSSR count). The summed E-state index contributed by atoms with van der Waals surface area (Å²) in [6, 6.07) is -0.895. The molecule has 1 saturated heterocycles. The van der Waals surface area contributed by atoms with Crippen molar-refractivity contribution in [2.75, 3.05) is 26.4 Å². The Morgan fingerprint density at radius 3 is 2.52 bits per heavy atom. The van der Waals surface area contributed by atoms with Gasteiger partial charge in [-0.3, -0.25) is 4.79 Å². The van der Waals surface area contributed by atoms with E-state index < -0.39 is 23.5 Å². The number of carboxylic acids is 1. The second-order valence-electron chi connectivity index (χ2n) is 5.15. The summed E-state index contributed by atoms with van der Waals surface area (Å²) in [5.74, 6) is -1.68. The first-order valence-electron chi connectivity index (χ1n) is 6.88. The predicted molar refractivity (Wildman–Crippen MR) is 72.8 cm³/mol. The van der Waals surface area contributed by atoms with Gasteiger partial charge in [-0.05, 0) is 20.8 Å². The molecule has 1 aliphatic rings. The number of nitrogens with zero attached hydrogens (tertiary/aromatic N) is 1. The average molecular weight is 302 g/mol. The molecule has 0 aromatic carbocycles. The van der Waals surface area contributed by atoms with Gasteiger partial charge in [0.2, 0.25) is 0 Å². The molecule has 1 aliphatic heterocycles. The van der Waals surface area contributed by atoms with Gasteiger partial charge in [-0.1, -0.05) is 0 Å². The molecule has 2 N–H and O–H groups in total. The number of hydrogen-bond acceptors (Lipinski definition) is 5. The lowest BCUT2D eigenvalue weighted by Gasteiger charge is -2.31. The van der Waals surface area contributed by atoms with Crippen LogP contribution in [0.3, 0.4) is 0 Å². The molecule has 0 radical (unpaired) electrons. The maximum atomic E-state index is 12.3. The fourth-order valence-electron chi connectivity index (χ4n) is 2.00. The number of ether oxygens (including phenoxy) is 2. The van der Waals surface area contributed by atoms with Gasteiger partial charge < -0.3 is 24.8 Å². The number of carbonyl (C=O) groups excluding carboxylic acids is 2. The van der Waals surface area contributed by atoms with Crippen molar-refractivity contribution in [2.45, 2.75) is 38.8 Å². The van der Waals surface area contributed by atoms with E-state index in [1.165, 1.54) is 4.90 Å². The maximum absolute atomic E-state index is 12.3. The lowest BCUT2D eigenvalue weighted by molar-refractivity contribution is -0.144. The first kappa shape index (κ1) is 17.2. The topological polar surface area (TPSA) is 105 Å². The van der Waals surface area contributed by atoms with Gasteiger partial charge in [-0.15, -0.1) is 0 Å². The summed E-state index contributed by atoms with van der Waals surface area (Å²) >= 11 is 0. The van der Waals surface area contributed by atoms with Crippen molar-refractivity contribution in [1.82, 2.24) is 10.2 Å². The lowest BCUT2D eigenvalue weighted by Crippen LogP contribution is -2.60. The fourth-order valence-corrected chi connectivity index (χ4v) is 2.00. The summed E-state index contributed by atoms with van der Waals surface area (Å²) in [5, 5.41) is 11.8. The molecule has 0 aromatic heterocycles. The second kappa shape index (κ2) is 7.26. The van der Waals surface area contributed by atoms with E-state index in [4.69, 9.17) is 9.47 Å². The summed E-state index contributed by atoms with van der Waals surface area (Å²) in [6.07, 6.45) is 0.194. The summed E-state index contributed by atoms with van der Waals surface area (Å²) in [7, 11) is 0. The highest BCUT2D eigenvalue weighted by Crippen LogP contribution is 2.19. The van der Waals surface area contributed by atoms with Crippen LogP contribution in [-0.2, 0) is 19.1 Å². The van der Waals surface area contributed by atoms with Gasteiger partial charge in [0, 0.05) is 19.1 Å². The number of esters is 1. The van der Waals surface area contributed by atoms with E-state index in [2.05, 4.69) is 5.32 Å². The number of amides is 2. The van der Waals surface area contributed by atoms with Crippen molar-refractivity contribution in [1.29, 1.82) is 0 Å². The normalized spacial score (nSPS) is 21.1. The third kappa shape index (κ3) is 4.32. The number of rotatable bonds is 6. The lowest BCUT2D eigenvalue weighted by atomic mass is 9.99. The smallest absolute Gasteiger partial charge is 0.332 e. The van der Waals surface area contributed by atoms with Crippen LogP contribution in [0, 0.1) is 0 Å². The Balaban J connectivity index is 2.76. The van der Waals surface area contributed by atoms with Crippen LogP contribution in [0.25, 0.3) is 0 Å². The molecule has 21 heavy (non-hydrogen) atoms.